The maximum atomic E-state index is 9.33. The molecular formula is C10H9N5O2. The lowest BCUT2D eigenvalue weighted by molar-refractivity contribution is 0.184. The highest BCUT2D eigenvalue weighted by Gasteiger charge is 2.16. The molecule has 0 spiro atoms. The molecule has 1 unspecified atom stereocenters. The zero-order valence-electron chi connectivity index (χ0n) is 8.98. The number of aromatic nitrogens is 5. The van der Waals surface area contributed by atoms with Gasteiger partial charge in [-0.15, -0.1) is 0 Å². The van der Waals surface area contributed by atoms with Crippen LogP contribution in [0.4, 0.5) is 0 Å². The summed E-state index contributed by atoms with van der Waals surface area (Å²) in [6, 6.07) is 0. The van der Waals surface area contributed by atoms with Gasteiger partial charge < -0.3 is 9.63 Å². The van der Waals surface area contributed by atoms with Gasteiger partial charge in [-0.3, -0.25) is 4.98 Å². The van der Waals surface area contributed by atoms with E-state index in [9.17, 15) is 5.11 Å². The van der Waals surface area contributed by atoms with Crippen LogP contribution in [-0.2, 0) is 0 Å². The second kappa shape index (κ2) is 3.63. The van der Waals surface area contributed by atoms with Crippen molar-refractivity contribution >= 4 is 5.52 Å². The van der Waals surface area contributed by atoms with Crippen LogP contribution in [0.25, 0.3) is 17.0 Å². The van der Waals surface area contributed by atoms with Crippen molar-refractivity contribution in [2.45, 2.75) is 13.0 Å². The van der Waals surface area contributed by atoms with E-state index in [1.54, 1.807) is 36.2 Å². The SMILES string of the molecule is CC(O)c1noc(-c2cnn3ccncc23)n1. The second-order valence-corrected chi connectivity index (χ2v) is 3.60. The molecule has 0 aliphatic rings. The molecule has 3 aromatic rings. The van der Waals surface area contributed by atoms with Gasteiger partial charge in [0.05, 0.1) is 23.5 Å². The molecule has 0 aromatic carbocycles. The first-order valence-electron chi connectivity index (χ1n) is 5.05. The average Bonchev–Trinajstić information content (AvgIpc) is 2.95. The monoisotopic (exact) mass is 231 g/mol. The third-order valence-electron chi connectivity index (χ3n) is 2.37. The van der Waals surface area contributed by atoms with Gasteiger partial charge in [0.25, 0.3) is 5.89 Å². The molecule has 3 heterocycles. The van der Waals surface area contributed by atoms with Crippen molar-refractivity contribution in [3.63, 3.8) is 0 Å². The van der Waals surface area contributed by atoms with Gasteiger partial charge in [0, 0.05) is 12.4 Å². The lowest BCUT2D eigenvalue weighted by Gasteiger charge is -1.92. The maximum Gasteiger partial charge on any atom is 0.261 e. The van der Waals surface area contributed by atoms with E-state index in [1.807, 2.05) is 0 Å². The van der Waals surface area contributed by atoms with Crippen LogP contribution in [0.5, 0.6) is 0 Å². The molecule has 17 heavy (non-hydrogen) atoms. The Kier molecular flexibility index (Phi) is 2.12. The summed E-state index contributed by atoms with van der Waals surface area (Å²) in [4.78, 5) is 8.11. The number of fused-ring (bicyclic) bond motifs is 1. The van der Waals surface area contributed by atoms with Crippen molar-refractivity contribution in [2.75, 3.05) is 0 Å². The van der Waals surface area contributed by atoms with Crippen LogP contribution in [0.3, 0.4) is 0 Å². The summed E-state index contributed by atoms with van der Waals surface area (Å²) in [5, 5.41) is 17.2. The Labute approximate surface area is 95.7 Å². The van der Waals surface area contributed by atoms with Crippen LogP contribution in [0, 0.1) is 0 Å². The molecule has 0 radical (unpaired) electrons. The Morgan fingerprint density at radius 1 is 1.41 bits per heavy atom. The Balaban J connectivity index is 2.14. The Morgan fingerprint density at radius 3 is 3.06 bits per heavy atom. The highest BCUT2D eigenvalue weighted by Crippen LogP contribution is 2.23. The number of hydrogen-bond donors (Lipinski definition) is 1. The van der Waals surface area contributed by atoms with Crippen molar-refractivity contribution in [1.29, 1.82) is 0 Å². The third kappa shape index (κ3) is 1.56. The molecule has 7 nitrogen and oxygen atoms in total. The first-order chi connectivity index (χ1) is 8.25. The summed E-state index contributed by atoms with van der Waals surface area (Å²) in [7, 11) is 0. The summed E-state index contributed by atoms with van der Waals surface area (Å²) in [6.45, 7) is 1.58. The minimum absolute atomic E-state index is 0.253. The van der Waals surface area contributed by atoms with Crippen LogP contribution in [-0.4, -0.2) is 29.8 Å². The zero-order chi connectivity index (χ0) is 11.8. The third-order valence-corrected chi connectivity index (χ3v) is 2.37. The number of hydrogen-bond acceptors (Lipinski definition) is 6. The maximum absolute atomic E-state index is 9.33. The van der Waals surface area contributed by atoms with Gasteiger partial charge in [-0.05, 0) is 6.92 Å². The summed E-state index contributed by atoms with van der Waals surface area (Å²) in [6.07, 6.45) is 5.89. The highest BCUT2D eigenvalue weighted by molar-refractivity contribution is 5.73. The van der Waals surface area contributed by atoms with E-state index in [-0.39, 0.29) is 5.82 Å². The molecule has 3 aromatic heterocycles. The molecule has 1 atom stereocenters. The van der Waals surface area contributed by atoms with Crippen molar-refractivity contribution in [3.8, 4) is 11.5 Å². The van der Waals surface area contributed by atoms with Crippen molar-refractivity contribution in [2.24, 2.45) is 0 Å². The van der Waals surface area contributed by atoms with Crippen LogP contribution in [0.1, 0.15) is 18.9 Å². The molecule has 0 aliphatic heterocycles. The summed E-state index contributed by atoms with van der Waals surface area (Å²) >= 11 is 0. The summed E-state index contributed by atoms with van der Waals surface area (Å²) in [5.74, 6) is 0.576. The molecule has 3 rings (SSSR count). The zero-order valence-corrected chi connectivity index (χ0v) is 8.98. The van der Waals surface area contributed by atoms with Crippen LogP contribution in [0.15, 0.2) is 29.3 Å². The number of aliphatic hydroxyl groups excluding tert-OH is 1. The number of nitrogens with zero attached hydrogens (tertiary/aromatic N) is 5. The summed E-state index contributed by atoms with van der Waals surface area (Å²) in [5.41, 5.74) is 1.46. The Hall–Kier alpha value is -2.28. The van der Waals surface area contributed by atoms with Crippen LogP contribution in [0.2, 0.25) is 0 Å². The highest BCUT2D eigenvalue weighted by atomic mass is 16.5. The van der Waals surface area contributed by atoms with Gasteiger partial charge in [-0.1, -0.05) is 5.16 Å². The van der Waals surface area contributed by atoms with Crippen LogP contribution < -0.4 is 0 Å². The van der Waals surface area contributed by atoms with E-state index in [0.29, 0.717) is 11.5 Å². The van der Waals surface area contributed by atoms with Crippen molar-refractivity contribution < 1.29 is 9.63 Å². The fourth-order valence-electron chi connectivity index (χ4n) is 1.51. The van der Waals surface area contributed by atoms with E-state index < -0.39 is 6.10 Å². The first-order valence-corrected chi connectivity index (χ1v) is 5.05. The van der Waals surface area contributed by atoms with Gasteiger partial charge in [0.15, 0.2) is 5.82 Å². The Bertz CT molecular complexity index is 657. The van der Waals surface area contributed by atoms with E-state index in [4.69, 9.17) is 4.52 Å². The standard InChI is InChI=1S/C10H9N5O2/c1-6(16)9-13-10(17-14-9)7-4-12-15-3-2-11-5-8(7)15/h2-6,16H,1H3. The molecule has 0 amide bonds. The molecule has 86 valence electrons. The van der Waals surface area contributed by atoms with E-state index in [2.05, 4.69) is 20.2 Å². The molecular weight excluding hydrogens is 222 g/mol. The van der Waals surface area contributed by atoms with Gasteiger partial charge in [0.2, 0.25) is 0 Å². The summed E-state index contributed by atoms with van der Waals surface area (Å²) < 4.78 is 6.74. The van der Waals surface area contributed by atoms with Gasteiger partial charge in [0.1, 0.15) is 6.10 Å². The fraction of sp³-hybridized carbons (Fsp3) is 0.200. The minimum Gasteiger partial charge on any atom is -0.385 e. The van der Waals surface area contributed by atoms with Gasteiger partial charge in [-0.2, -0.15) is 10.1 Å². The number of rotatable bonds is 2. The smallest absolute Gasteiger partial charge is 0.261 e. The van der Waals surface area contributed by atoms with E-state index >= 15 is 0 Å². The average molecular weight is 231 g/mol. The lowest BCUT2D eigenvalue weighted by atomic mass is 10.3. The first kappa shape index (κ1) is 9.91. The van der Waals surface area contributed by atoms with E-state index in [1.165, 1.54) is 0 Å². The largest absolute Gasteiger partial charge is 0.385 e. The van der Waals surface area contributed by atoms with Crippen molar-refractivity contribution in [1.82, 2.24) is 24.7 Å². The number of aliphatic hydroxyl groups is 1. The quantitative estimate of drug-likeness (QED) is 0.702. The Morgan fingerprint density at radius 2 is 2.29 bits per heavy atom. The van der Waals surface area contributed by atoms with E-state index in [0.717, 1.165) is 5.52 Å². The molecule has 0 aliphatic carbocycles. The van der Waals surface area contributed by atoms with Gasteiger partial charge >= 0.3 is 0 Å². The fourth-order valence-corrected chi connectivity index (χ4v) is 1.51. The van der Waals surface area contributed by atoms with Crippen molar-refractivity contribution in [3.05, 3.63) is 30.6 Å². The predicted molar refractivity (Wildman–Crippen MR) is 56.9 cm³/mol. The predicted octanol–water partition coefficient (Wildman–Crippen LogP) is 0.833. The second-order valence-electron chi connectivity index (χ2n) is 3.60. The minimum atomic E-state index is -0.757. The van der Waals surface area contributed by atoms with Gasteiger partial charge in [-0.25, -0.2) is 4.52 Å². The van der Waals surface area contributed by atoms with Crippen LogP contribution >= 0.6 is 0 Å². The molecule has 0 saturated heterocycles. The topological polar surface area (TPSA) is 89.3 Å². The lowest BCUT2D eigenvalue weighted by Crippen LogP contribution is -1.93. The molecule has 0 bridgehead atoms. The molecule has 1 N–H and O–H groups in total. The molecule has 7 heteroatoms. The molecule has 0 saturated carbocycles. The normalized spacial score (nSPS) is 13.1. The molecule has 0 fully saturated rings.